The number of carboxylic acids is 1. The Morgan fingerprint density at radius 3 is 2.52 bits per heavy atom. The van der Waals surface area contributed by atoms with Gasteiger partial charge in [0.1, 0.15) is 5.76 Å². The molecule has 1 amide bonds. The van der Waals surface area contributed by atoms with Crippen molar-refractivity contribution in [1.29, 1.82) is 0 Å². The Hall–Kier alpha value is -2.11. The van der Waals surface area contributed by atoms with E-state index in [4.69, 9.17) is 9.52 Å². The average molecular weight is 321 g/mol. The minimum Gasteiger partial charge on any atom is -0.481 e. The predicted molar refractivity (Wildman–Crippen MR) is 83.7 cm³/mol. The lowest BCUT2D eigenvalue weighted by molar-refractivity contribution is -0.138. The van der Waals surface area contributed by atoms with Crippen LogP contribution in [0.1, 0.15) is 72.3 Å². The van der Waals surface area contributed by atoms with E-state index in [0.29, 0.717) is 29.7 Å². The molecule has 2 rings (SSSR count). The number of nitrogens with one attached hydrogen (secondary N) is 1. The topological polar surface area (TPSA) is 96.6 Å². The first-order chi connectivity index (χ1) is 10.7. The minimum absolute atomic E-state index is 0.00343. The molecule has 0 spiro atoms. The number of carbonyl (C=O) groups is 3. The minimum atomic E-state index is -0.980. The van der Waals surface area contributed by atoms with Crippen LogP contribution in [0.25, 0.3) is 0 Å². The highest BCUT2D eigenvalue weighted by molar-refractivity contribution is 6.03. The van der Waals surface area contributed by atoms with Gasteiger partial charge in [-0.05, 0) is 26.2 Å². The number of Topliss-reactive ketones (excluding diaryl/α,β-unsaturated/α-hetero) is 1. The third kappa shape index (κ3) is 3.30. The average Bonchev–Trinajstić information content (AvgIpc) is 2.76. The summed E-state index contributed by atoms with van der Waals surface area (Å²) in [5, 5.41) is 11.9. The standard InChI is InChI=1S/C17H23NO5/c1-9(2)17(4,8-13(20)21)18-16(22)15-10(3)14-11(19)6-5-7-12(14)23-15/h9H,5-8H2,1-4H3,(H,18,22)(H,20,21). The first kappa shape index (κ1) is 17.2. The molecule has 23 heavy (non-hydrogen) atoms. The number of hydrogen-bond donors (Lipinski definition) is 2. The lowest BCUT2D eigenvalue weighted by Crippen LogP contribution is -2.51. The van der Waals surface area contributed by atoms with Crippen molar-refractivity contribution in [1.82, 2.24) is 5.32 Å². The van der Waals surface area contributed by atoms with Crippen LogP contribution in [-0.2, 0) is 11.2 Å². The molecule has 1 aliphatic rings. The molecule has 1 unspecified atom stereocenters. The van der Waals surface area contributed by atoms with Crippen LogP contribution in [0.15, 0.2) is 4.42 Å². The summed E-state index contributed by atoms with van der Waals surface area (Å²) in [5.41, 5.74) is 0.168. The van der Waals surface area contributed by atoms with Gasteiger partial charge in [0, 0.05) is 18.4 Å². The van der Waals surface area contributed by atoms with Gasteiger partial charge in [-0.3, -0.25) is 14.4 Å². The van der Waals surface area contributed by atoms with Crippen LogP contribution in [0.3, 0.4) is 0 Å². The van der Waals surface area contributed by atoms with E-state index in [1.807, 2.05) is 13.8 Å². The van der Waals surface area contributed by atoms with Crippen LogP contribution in [0, 0.1) is 12.8 Å². The van der Waals surface area contributed by atoms with Crippen LogP contribution in [0.2, 0.25) is 0 Å². The molecule has 6 nitrogen and oxygen atoms in total. The van der Waals surface area contributed by atoms with Crippen molar-refractivity contribution in [3.05, 3.63) is 22.6 Å². The molecule has 0 aliphatic heterocycles. The number of amides is 1. The van der Waals surface area contributed by atoms with Crippen molar-refractivity contribution in [2.75, 3.05) is 0 Å². The smallest absolute Gasteiger partial charge is 0.305 e. The first-order valence-electron chi connectivity index (χ1n) is 7.85. The van der Waals surface area contributed by atoms with Crippen molar-refractivity contribution >= 4 is 17.7 Å². The number of fused-ring (bicyclic) bond motifs is 1. The molecule has 0 aromatic carbocycles. The van der Waals surface area contributed by atoms with Crippen molar-refractivity contribution in [2.45, 2.75) is 58.9 Å². The summed E-state index contributed by atoms with van der Waals surface area (Å²) in [5.74, 6) is -0.844. The summed E-state index contributed by atoms with van der Waals surface area (Å²) in [7, 11) is 0. The van der Waals surface area contributed by atoms with Crippen molar-refractivity contribution < 1.29 is 23.9 Å². The van der Waals surface area contributed by atoms with E-state index in [-0.39, 0.29) is 23.9 Å². The molecule has 0 radical (unpaired) electrons. The maximum atomic E-state index is 12.6. The van der Waals surface area contributed by atoms with Gasteiger partial charge in [-0.15, -0.1) is 0 Å². The van der Waals surface area contributed by atoms with E-state index in [1.165, 1.54) is 0 Å². The predicted octanol–water partition coefficient (Wildman–Crippen LogP) is 2.73. The molecular weight excluding hydrogens is 298 g/mol. The van der Waals surface area contributed by atoms with E-state index < -0.39 is 17.4 Å². The van der Waals surface area contributed by atoms with Gasteiger partial charge in [0.15, 0.2) is 11.5 Å². The van der Waals surface area contributed by atoms with Crippen LogP contribution in [-0.4, -0.2) is 28.3 Å². The van der Waals surface area contributed by atoms with Crippen molar-refractivity contribution in [3.63, 3.8) is 0 Å². The normalized spacial score (nSPS) is 16.8. The third-order valence-electron chi connectivity index (χ3n) is 4.70. The number of aliphatic carboxylic acids is 1. The van der Waals surface area contributed by atoms with Crippen LogP contribution in [0.5, 0.6) is 0 Å². The Labute approximate surface area is 135 Å². The fourth-order valence-electron chi connectivity index (χ4n) is 2.89. The summed E-state index contributed by atoms with van der Waals surface area (Å²) in [6, 6.07) is 0. The van der Waals surface area contributed by atoms with Gasteiger partial charge >= 0.3 is 5.97 Å². The zero-order valence-electron chi connectivity index (χ0n) is 14.0. The Kier molecular flexibility index (Phi) is 4.63. The van der Waals surface area contributed by atoms with E-state index in [2.05, 4.69) is 5.32 Å². The van der Waals surface area contributed by atoms with Crippen LogP contribution < -0.4 is 5.32 Å². The van der Waals surface area contributed by atoms with Gasteiger partial charge in [-0.2, -0.15) is 0 Å². The van der Waals surface area contributed by atoms with E-state index >= 15 is 0 Å². The molecule has 1 heterocycles. The highest BCUT2D eigenvalue weighted by Crippen LogP contribution is 2.30. The van der Waals surface area contributed by atoms with E-state index in [9.17, 15) is 14.4 Å². The molecule has 1 aliphatic carbocycles. The monoisotopic (exact) mass is 321 g/mol. The highest BCUT2D eigenvalue weighted by Gasteiger charge is 2.36. The van der Waals surface area contributed by atoms with Gasteiger partial charge in [-0.25, -0.2) is 0 Å². The van der Waals surface area contributed by atoms with Gasteiger partial charge in [0.2, 0.25) is 0 Å². The lowest BCUT2D eigenvalue weighted by atomic mass is 9.85. The Morgan fingerprint density at radius 2 is 2.00 bits per heavy atom. The zero-order chi connectivity index (χ0) is 17.4. The van der Waals surface area contributed by atoms with Crippen LogP contribution in [0.4, 0.5) is 0 Å². The summed E-state index contributed by atoms with van der Waals surface area (Å²) >= 11 is 0. The second-order valence-corrected chi connectivity index (χ2v) is 6.73. The highest BCUT2D eigenvalue weighted by atomic mass is 16.4. The molecule has 1 aromatic rings. The molecule has 1 aromatic heterocycles. The fourth-order valence-corrected chi connectivity index (χ4v) is 2.89. The Balaban J connectivity index is 2.30. The summed E-state index contributed by atoms with van der Waals surface area (Å²) < 4.78 is 5.62. The summed E-state index contributed by atoms with van der Waals surface area (Å²) in [4.78, 5) is 35.7. The summed E-state index contributed by atoms with van der Waals surface area (Å²) in [6.07, 6.45) is 1.65. The summed E-state index contributed by atoms with van der Waals surface area (Å²) in [6.45, 7) is 7.11. The van der Waals surface area contributed by atoms with Gasteiger partial charge < -0.3 is 14.8 Å². The SMILES string of the molecule is Cc1c(C(=O)NC(C)(CC(=O)O)C(C)C)oc2c1C(=O)CCC2. The van der Waals surface area contributed by atoms with Gasteiger partial charge in [-0.1, -0.05) is 13.8 Å². The number of ketones is 1. The Bertz CT molecular complexity index is 658. The van der Waals surface area contributed by atoms with Crippen molar-refractivity contribution in [3.8, 4) is 0 Å². The quantitative estimate of drug-likeness (QED) is 0.869. The number of carbonyl (C=O) groups excluding carboxylic acids is 2. The molecule has 0 bridgehead atoms. The third-order valence-corrected chi connectivity index (χ3v) is 4.70. The molecular formula is C17H23NO5. The second-order valence-electron chi connectivity index (χ2n) is 6.73. The molecule has 126 valence electrons. The van der Waals surface area contributed by atoms with Crippen molar-refractivity contribution in [2.24, 2.45) is 5.92 Å². The number of carboxylic acid groups (broad SMARTS) is 1. The van der Waals surface area contributed by atoms with E-state index in [1.54, 1.807) is 13.8 Å². The van der Waals surface area contributed by atoms with E-state index in [0.717, 1.165) is 6.42 Å². The fraction of sp³-hybridized carbons (Fsp3) is 0.588. The zero-order valence-corrected chi connectivity index (χ0v) is 14.0. The van der Waals surface area contributed by atoms with Gasteiger partial charge in [0.25, 0.3) is 5.91 Å². The van der Waals surface area contributed by atoms with Gasteiger partial charge in [0.05, 0.1) is 17.5 Å². The first-order valence-corrected chi connectivity index (χ1v) is 7.85. The number of rotatable bonds is 5. The number of hydrogen-bond acceptors (Lipinski definition) is 4. The largest absolute Gasteiger partial charge is 0.481 e. The van der Waals surface area contributed by atoms with Crippen LogP contribution >= 0.6 is 0 Å². The number of furan rings is 1. The second kappa shape index (κ2) is 6.18. The maximum absolute atomic E-state index is 12.6. The molecule has 6 heteroatoms. The molecule has 0 saturated carbocycles. The molecule has 1 atom stereocenters. The molecule has 2 N–H and O–H groups in total. The maximum Gasteiger partial charge on any atom is 0.305 e. The number of aryl methyl sites for hydroxylation is 1. The Morgan fingerprint density at radius 1 is 1.35 bits per heavy atom. The molecule has 0 saturated heterocycles. The lowest BCUT2D eigenvalue weighted by Gasteiger charge is -2.33. The molecule has 0 fully saturated rings.